The molecule has 0 fully saturated rings. The third-order valence-corrected chi connectivity index (χ3v) is 2.96. The van der Waals surface area contributed by atoms with E-state index in [4.69, 9.17) is 11.6 Å². The molecule has 0 aliphatic heterocycles. The average molecular weight is 270 g/mol. The Balaban J connectivity index is 1.82. The number of nitrogens with zero attached hydrogens (tertiary/aromatic N) is 1. The van der Waals surface area contributed by atoms with Crippen molar-refractivity contribution < 1.29 is 0 Å². The van der Waals surface area contributed by atoms with Crippen molar-refractivity contribution in [2.45, 2.75) is 0 Å². The fourth-order valence-electron chi connectivity index (χ4n) is 1.85. The van der Waals surface area contributed by atoms with Gasteiger partial charge in [0.2, 0.25) is 0 Å². The van der Waals surface area contributed by atoms with Gasteiger partial charge in [-0.25, -0.2) is 4.98 Å². The van der Waals surface area contributed by atoms with Gasteiger partial charge in [-0.1, -0.05) is 48.0 Å². The van der Waals surface area contributed by atoms with Gasteiger partial charge in [-0.05, 0) is 18.2 Å². The van der Waals surface area contributed by atoms with E-state index in [0.29, 0.717) is 5.02 Å². The van der Waals surface area contributed by atoms with E-state index in [9.17, 15) is 0 Å². The highest BCUT2D eigenvalue weighted by molar-refractivity contribution is 6.30. The molecule has 0 aliphatic rings. The normalized spacial score (nSPS) is 10.4. The molecular weight excluding hydrogens is 258 g/mol. The highest BCUT2D eigenvalue weighted by atomic mass is 35.5. The molecule has 1 heterocycles. The molecule has 1 aromatic heterocycles. The number of halogens is 1. The molecule has 2 aromatic carbocycles. The Morgan fingerprint density at radius 3 is 2.63 bits per heavy atom. The van der Waals surface area contributed by atoms with Crippen LogP contribution in [0.5, 0.6) is 0 Å². The minimum absolute atomic E-state index is 0.702. The molecule has 0 bridgehead atoms. The van der Waals surface area contributed by atoms with E-state index >= 15 is 0 Å². The van der Waals surface area contributed by atoms with Crippen LogP contribution < -0.4 is 5.32 Å². The highest BCUT2D eigenvalue weighted by Gasteiger charge is 2.03. The Labute approximate surface area is 116 Å². The largest absolute Gasteiger partial charge is 0.340 e. The Kier molecular flexibility index (Phi) is 3.21. The van der Waals surface area contributed by atoms with Crippen molar-refractivity contribution in [1.82, 2.24) is 9.97 Å². The van der Waals surface area contributed by atoms with Gasteiger partial charge in [0.1, 0.15) is 11.6 Å². The molecule has 0 atom stereocenters. The molecule has 0 amide bonds. The molecule has 0 unspecified atom stereocenters. The highest BCUT2D eigenvalue weighted by Crippen LogP contribution is 2.21. The number of hydrogen-bond donors (Lipinski definition) is 2. The van der Waals surface area contributed by atoms with Crippen molar-refractivity contribution in [2.24, 2.45) is 0 Å². The fourth-order valence-corrected chi connectivity index (χ4v) is 2.04. The number of aromatic nitrogens is 2. The predicted octanol–water partition coefficient (Wildman–Crippen LogP) is 4.47. The van der Waals surface area contributed by atoms with Crippen LogP contribution in [0.25, 0.3) is 11.4 Å². The number of benzene rings is 2. The Morgan fingerprint density at radius 1 is 1.00 bits per heavy atom. The SMILES string of the molecule is Clc1cccc(Nc2cnc(-c3ccccc3)[nH]2)c1. The van der Waals surface area contributed by atoms with Gasteiger partial charge in [0, 0.05) is 16.3 Å². The van der Waals surface area contributed by atoms with Crippen molar-refractivity contribution in [1.29, 1.82) is 0 Å². The monoisotopic (exact) mass is 269 g/mol. The lowest BCUT2D eigenvalue weighted by Crippen LogP contribution is -1.89. The summed E-state index contributed by atoms with van der Waals surface area (Å²) in [6.07, 6.45) is 1.77. The summed E-state index contributed by atoms with van der Waals surface area (Å²) >= 11 is 5.95. The minimum atomic E-state index is 0.702. The van der Waals surface area contributed by atoms with E-state index in [-0.39, 0.29) is 0 Å². The lowest BCUT2D eigenvalue weighted by atomic mass is 10.2. The van der Waals surface area contributed by atoms with Crippen LogP contribution in [0.4, 0.5) is 11.5 Å². The first-order valence-corrected chi connectivity index (χ1v) is 6.32. The number of aromatic amines is 1. The molecule has 0 spiro atoms. The molecule has 0 radical (unpaired) electrons. The van der Waals surface area contributed by atoms with Crippen LogP contribution in [0, 0.1) is 0 Å². The van der Waals surface area contributed by atoms with Crippen LogP contribution in [0.1, 0.15) is 0 Å². The van der Waals surface area contributed by atoms with Crippen molar-refractivity contribution in [3.8, 4) is 11.4 Å². The molecule has 0 aliphatic carbocycles. The Bertz CT molecular complexity index is 677. The maximum absolute atomic E-state index is 5.95. The predicted molar refractivity (Wildman–Crippen MR) is 78.8 cm³/mol. The molecule has 2 N–H and O–H groups in total. The average Bonchev–Trinajstić information content (AvgIpc) is 2.88. The third-order valence-electron chi connectivity index (χ3n) is 2.73. The van der Waals surface area contributed by atoms with Gasteiger partial charge in [0.25, 0.3) is 0 Å². The Morgan fingerprint density at radius 2 is 1.84 bits per heavy atom. The lowest BCUT2D eigenvalue weighted by Gasteiger charge is -2.03. The molecule has 0 saturated heterocycles. The molecule has 3 aromatic rings. The molecule has 4 heteroatoms. The van der Waals surface area contributed by atoms with E-state index in [0.717, 1.165) is 22.9 Å². The van der Waals surface area contributed by atoms with Gasteiger partial charge in [-0.3, -0.25) is 0 Å². The fraction of sp³-hybridized carbons (Fsp3) is 0. The van der Waals surface area contributed by atoms with Crippen LogP contribution in [-0.2, 0) is 0 Å². The van der Waals surface area contributed by atoms with Crippen molar-refractivity contribution in [2.75, 3.05) is 5.32 Å². The summed E-state index contributed by atoms with van der Waals surface area (Å²) in [5.74, 6) is 1.67. The van der Waals surface area contributed by atoms with Gasteiger partial charge in [-0.2, -0.15) is 0 Å². The maximum Gasteiger partial charge on any atom is 0.138 e. The number of nitrogens with one attached hydrogen (secondary N) is 2. The quantitative estimate of drug-likeness (QED) is 0.736. The number of hydrogen-bond acceptors (Lipinski definition) is 2. The molecule has 3 rings (SSSR count). The van der Waals surface area contributed by atoms with Crippen molar-refractivity contribution >= 4 is 23.1 Å². The molecular formula is C15H12ClN3. The second-order valence-electron chi connectivity index (χ2n) is 4.15. The second-order valence-corrected chi connectivity index (χ2v) is 4.58. The molecule has 94 valence electrons. The lowest BCUT2D eigenvalue weighted by molar-refractivity contribution is 1.31. The first-order chi connectivity index (χ1) is 9.31. The molecule has 19 heavy (non-hydrogen) atoms. The van der Waals surface area contributed by atoms with E-state index in [1.807, 2.05) is 54.6 Å². The number of imidazole rings is 1. The summed E-state index contributed by atoms with van der Waals surface area (Å²) in [4.78, 5) is 7.59. The number of H-pyrrole nitrogens is 1. The zero-order valence-corrected chi connectivity index (χ0v) is 10.9. The standard InChI is InChI=1S/C15H12ClN3/c16-12-7-4-8-13(9-12)18-14-10-17-15(19-14)11-5-2-1-3-6-11/h1-10,18H,(H,17,19). The van der Waals surface area contributed by atoms with Gasteiger partial charge >= 0.3 is 0 Å². The van der Waals surface area contributed by atoms with Gasteiger partial charge < -0.3 is 10.3 Å². The molecule has 3 nitrogen and oxygen atoms in total. The van der Waals surface area contributed by atoms with Crippen LogP contribution >= 0.6 is 11.6 Å². The maximum atomic E-state index is 5.95. The van der Waals surface area contributed by atoms with Gasteiger partial charge in [0.05, 0.1) is 6.20 Å². The second kappa shape index (κ2) is 5.16. The topological polar surface area (TPSA) is 40.7 Å². The van der Waals surface area contributed by atoms with E-state index in [1.54, 1.807) is 6.20 Å². The zero-order valence-electron chi connectivity index (χ0n) is 10.1. The number of anilines is 2. The van der Waals surface area contributed by atoms with Crippen molar-refractivity contribution in [3.05, 3.63) is 65.8 Å². The van der Waals surface area contributed by atoms with Crippen LogP contribution in [-0.4, -0.2) is 9.97 Å². The van der Waals surface area contributed by atoms with Gasteiger partial charge in [0.15, 0.2) is 0 Å². The summed E-state index contributed by atoms with van der Waals surface area (Å²) in [6.45, 7) is 0. The zero-order chi connectivity index (χ0) is 13.1. The van der Waals surface area contributed by atoms with E-state index < -0.39 is 0 Å². The summed E-state index contributed by atoms with van der Waals surface area (Å²) in [5.41, 5.74) is 1.98. The van der Waals surface area contributed by atoms with Crippen LogP contribution in [0.15, 0.2) is 60.8 Å². The first kappa shape index (κ1) is 11.8. The summed E-state index contributed by atoms with van der Waals surface area (Å²) < 4.78 is 0. The number of rotatable bonds is 3. The first-order valence-electron chi connectivity index (χ1n) is 5.94. The summed E-state index contributed by atoms with van der Waals surface area (Å²) in [6, 6.07) is 17.6. The van der Waals surface area contributed by atoms with Crippen LogP contribution in [0.2, 0.25) is 5.02 Å². The van der Waals surface area contributed by atoms with Crippen LogP contribution in [0.3, 0.4) is 0 Å². The third kappa shape index (κ3) is 2.77. The van der Waals surface area contributed by atoms with Gasteiger partial charge in [-0.15, -0.1) is 0 Å². The minimum Gasteiger partial charge on any atom is -0.340 e. The van der Waals surface area contributed by atoms with Crippen molar-refractivity contribution in [3.63, 3.8) is 0 Å². The summed E-state index contributed by atoms with van der Waals surface area (Å²) in [7, 11) is 0. The van der Waals surface area contributed by atoms with E-state index in [2.05, 4.69) is 15.3 Å². The smallest absolute Gasteiger partial charge is 0.138 e. The summed E-state index contributed by atoms with van der Waals surface area (Å²) in [5, 5.41) is 3.93. The Hall–Kier alpha value is -2.26. The van der Waals surface area contributed by atoms with E-state index in [1.165, 1.54) is 0 Å². The molecule has 0 saturated carbocycles.